The molecule has 1 rings (SSSR count). The van der Waals surface area contributed by atoms with Crippen LogP contribution in [0.25, 0.3) is 0 Å². The molecule has 0 radical (unpaired) electrons. The summed E-state index contributed by atoms with van der Waals surface area (Å²) in [5, 5.41) is 7.69. The molecule has 1 aromatic heterocycles. The molecule has 1 aromatic rings. The van der Waals surface area contributed by atoms with Crippen LogP contribution in [0.3, 0.4) is 0 Å². The van der Waals surface area contributed by atoms with Crippen molar-refractivity contribution in [3.8, 4) is 0 Å². The third kappa shape index (κ3) is 5.84. The molecule has 0 atom stereocenters. The third-order valence-electron chi connectivity index (χ3n) is 2.74. The maximum Gasteiger partial charge on any atom is 0.0587 e. The van der Waals surface area contributed by atoms with Gasteiger partial charge in [-0.1, -0.05) is 0 Å². The second-order valence-corrected chi connectivity index (χ2v) is 4.62. The van der Waals surface area contributed by atoms with Crippen LogP contribution in [0, 0.1) is 0 Å². The highest BCUT2D eigenvalue weighted by atomic mass is 16.5. The summed E-state index contributed by atoms with van der Waals surface area (Å²) in [6.07, 6.45) is 7.68. The van der Waals surface area contributed by atoms with Crippen LogP contribution in [0.4, 0.5) is 0 Å². The molecule has 98 valence electrons. The van der Waals surface area contributed by atoms with Crippen LogP contribution in [0.5, 0.6) is 0 Å². The molecule has 0 aromatic carbocycles. The monoisotopic (exact) mass is 239 g/mol. The number of ether oxygens (including phenoxy) is 1. The Morgan fingerprint density at radius 2 is 2.18 bits per heavy atom. The van der Waals surface area contributed by atoms with Gasteiger partial charge in [0.15, 0.2) is 0 Å². The molecule has 0 fully saturated rings. The number of nitrogens with one attached hydrogen (secondary N) is 1. The molecule has 0 aliphatic heterocycles. The number of hydrogen-bond acceptors (Lipinski definition) is 3. The van der Waals surface area contributed by atoms with Gasteiger partial charge in [-0.15, -0.1) is 0 Å². The maximum atomic E-state index is 4.97. The molecule has 0 saturated carbocycles. The Morgan fingerprint density at radius 1 is 1.35 bits per heavy atom. The summed E-state index contributed by atoms with van der Waals surface area (Å²) in [4.78, 5) is 0. The van der Waals surface area contributed by atoms with E-state index in [1.165, 1.54) is 18.4 Å². The molecule has 1 heterocycles. The van der Waals surface area contributed by atoms with Crippen LogP contribution in [-0.2, 0) is 11.2 Å². The van der Waals surface area contributed by atoms with E-state index in [0.717, 1.165) is 26.1 Å². The lowest BCUT2D eigenvalue weighted by Crippen LogP contribution is -2.20. The first kappa shape index (κ1) is 14.2. The van der Waals surface area contributed by atoms with Crippen molar-refractivity contribution in [1.82, 2.24) is 15.1 Å². The summed E-state index contributed by atoms with van der Waals surface area (Å²) in [5.74, 6) is 0. The van der Waals surface area contributed by atoms with Crippen LogP contribution in [0.1, 0.15) is 38.3 Å². The van der Waals surface area contributed by atoms with E-state index in [1.54, 1.807) is 7.11 Å². The van der Waals surface area contributed by atoms with Gasteiger partial charge in [0.05, 0.1) is 12.8 Å². The van der Waals surface area contributed by atoms with E-state index in [2.05, 4.69) is 30.5 Å². The van der Waals surface area contributed by atoms with E-state index in [0.29, 0.717) is 6.04 Å². The van der Waals surface area contributed by atoms with Crippen molar-refractivity contribution in [2.75, 3.05) is 26.8 Å². The number of methoxy groups -OCH3 is 1. The zero-order valence-corrected chi connectivity index (χ0v) is 11.3. The smallest absolute Gasteiger partial charge is 0.0587 e. The lowest BCUT2D eigenvalue weighted by Gasteiger charge is -2.04. The first-order valence-electron chi connectivity index (χ1n) is 6.46. The molecule has 1 N–H and O–H groups in total. The molecule has 0 bridgehead atoms. The second kappa shape index (κ2) is 8.25. The number of nitrogens with zero attached hydrogens (tertiary/aromatic N) is 2. The lowest BCUT2D eigenvalue weighted by molar-refractivity contribution is 0.199. The Balaban J connectivity index is 2.05. The normalized spacial score (nSPS) is 11.3. The fraction of sp³-hybridized carbons (Fsp3) is 0.769. The summed E-state index contributed by atoms with van der Waals surface area (Å²) >= 11 is 0. The van der Waals surface area contributed by atoms with E-state index in [1.807, 2.05) is 10.9 Å². The average Bonchev–Trinajstić information content (AvgIpc) is 2.77. The van der Waals surface area contributed by atoms with E-state index in [4.69, 9.17) is 4.74 Å². The van der Waals surface area contributed by atoms with E-state index < -0.39 is 0 Å². The molecule has 4 nitrogen and oxygen atoms in total. The highest BCUT2D eigenvalue weighted by Gasteiger charge is 2.01. The molecule has 4 heteroatoms. The molecule has 0 aliphatic carbocycles. The van der Waals surface area contributed by atoms with Gasteiger partial charge in [0, 0.05) is 25.9 Å². The van der Waals surface area contributed by atoms with Crippen molar-refractivity contribution >= 4 is 0 Å². The Hall–Kier alpha value is -0.870. The topological polar surface area (TPSA) is 39.1 Å². The minimum absolute atomic E-state index is 0.458. The first-order valence-corrected chi connectivity index (χ1v) is 6.46. The standard InChI is InChI=1S/C13H25N3O/c1-12(2)16-11-13(10-15-16)6-4-5-7-14-8-9-17-3/h10-12,14H,4-9H2,1-3H3. The Bertz CT molecular complexity index is 297. The maximum absolute atomic E-state index is 4.97. The zero-order valence-electron chi connectivity index (χ0n) is 11.3. The summed E-state index contributed by atoms with van der Waals surface area (Å²) in [6, 6.07) is 0.458. The van der Waals surface area contributed by atoms with Crippen LogP contribution in [0.2, 0.25) is 0 Å². The number of aryl methyl sites for hydroxylation is 1. The molecule has 0 unspecified atom stereocenters. The van der Waals surface area contributed by atoms with Gasteiger partial charge in [-0.05, 0) is 45.2 Å². The van der Waals surface area contributed by atoms with Gasteiger partial charge in [-0.2, -0.15) is 5.10 Å². The van der Waals surface area contributed by atoms with Gasteiger partial charge in [0.2, 0.25) is 0 Å². The number of rotatable bonds is 9. The fourth-order valence-electron chi connectivity index (χ4n) is 1.67. The van der Waals surface area contributed by atoms with Gasteiger partial charge in [0.1, 0.15) is 0 Å². The van der Waals surface area contributed by atoms with Crippen LogP contribution >= 0.6 is 0 Å². The van der Waals surface area contributed by atoms with E-state index in [9.17, 15) is 0 Å². The molecule has 0 spiro atoms. The molecule has 0 amide bonds. The second-order valence-electron chi connectivity index (χ2n) is 4.62. The van der Waals surface area contributed by atoms with Crippen LogP contribution in [-0.4, -0.2) is 36.6 Å². The highest BCUT2D eigenvalue weighted by molar-refractivity contribution is 5.04. The number of aromatic nitrogens is 2. The summed E-state index contributed by atoms with van der Waals surface area (Å²) < 4.78 is 6.99. The molecular weight excluding hydrogens is 214 g/mol. The minimum Gasteiger partial charge on any atom is -0.383 e. The predicted octanol–water partition coefficient (Wildman–Crippen LogP) is 2.02. The van der Waals surface area contributed by atoms with Gasteiger partial charge < -0.3 is 10.1 Å². The van der Waals surface area contributed by atoms with E-state index in [-0.39, 0.29) is 0 Å². The van der Waals surface area contributed by atoms with Gasteiger partial charge in [-0.25, -0.2) is 0 Å². The quantitative estimate of drug-likeness (QED) is 0.670. The Kier molecular flexibility index (Phi) is 6.89. The van der Waals surface area contributed by atoms with Gasteiger partial charge in [0.25, 0.3) is 0 Å². The average molecular weight is 239 g/mol. The van der Waals surface area contributed by atoms with E-state index >= 15 is 0 Å². The van der Waals surface area contributed by atoms with Crippen LogP contribution < -0.4 is 5.32 Å². The molecule has 0 saturated heterocycles. The van der Waals surface area contributed by atoms with Crippen molar-refractivity contribution in [2.45, 2.75) is 39.2 Å². The van der Waals surface area contributed by atoms with Crippen molar-refractivity contribution in [2.24, 2.45) is 0 Å². The first-order chi connectivity index (χ1) is 8.24. The Labute approximate surface area is 104 Å². The van der Waals surface area contributed by atoms with Crippen molar-refractivity contribution in [3.63, 3.8) is 0 Å². The summed E-state index contributed by atoms with van der Waals surface area (Å²) in [5.41, 5.74) is 1.34. The number of hydrogen-bond donors (Lipinski definition) is 1. The summed E-state index contributed by atoms with van der Waals surface area (Å²) in [7, 11) is 1.73. The predicted molar refractivity (Wildman–Crippen MR) is 70.3 cm³/mol. The SMILES string of the molecule is COCCNCCCCc1cnn(C(C)C)c1. The molecular formula is C13H25N3O. The van der Waals surface area contributed by atoms with Crippen molar-refractivity contribution in [1.29, 1.82) is 0 Å². The minimum atomic E-state index is 0.458. The zero-order chi connectivity index (χ0) is 12.5. The van der Waals surface area contributed by atoms with Crippen molar-refractivity contribution in [3.05, 3.63) is 18.0 Å². The van der Waals surface area contributed by atoms with Gasteiger partial charge in [-0.3, -0.25) is 4.68 Å². The largest absolute Gasteiger partial charge is 0.383 e. The lowest BCUT2D eigenvalue weighted by atomic mass is 10.1. The third-order valence-corrected chi connectivity index (χ3v) is 2.74. The van der Waals surface area contributed by atoms with Gasteiger partial charge >= 0.3 is 0 Å². The fourth-order valence-corrected chi connectivity index (χ4v) is 1.67. The summed E-state index contributed by atoms with van der Waals surface area (Å²) in [6.45, 7) is 7.11. The Morgan fingerprint density at radius 3 is 2.82 bits per heavy atom. The highest BCUT2D eigenvalue weighted by Crippen LogP contribution is 2.08. The molecule has 0 aliphatic rings. The van der Waals surface area contributed by atoms with Crippen LogP contribution in [0.15, 0.2) is 12.4 Å². The molecule has 17 heavy (non-hydrogen) atoms. The van der Waals surface area contributed by atoms with Crippen molar-refractivity contribution < 1.29 is 4.74 Å². The number of unbranched alkanes of at least 4 members (excludes halogenated alkanes) is 1.